The Balaban J connectivity index is 1.49. The van der Waals surface area contributed by atoms with Gasteiger partial charge in [0.1, 0.15) is 16.7 Å². The summed E-state index contributed by atoms with van der Waals surface area (Å²) in [6.07, 6.45) is 0.882. The standard InChI is InChI=1S/C26H28N4O4S/c1-18(2)25(34-22-9-5-4-7-21(22)16-27)26(31)29-11-13-30(14-12-29)35(32,33)23-10-6-8-20-15-19(3)17-28-24(20)23/h4-10,15,17-18,25H,11-14H2,1-3H3. The highest BCUT2D eigenvalue weighted by Gasteiger charge is 2.35. The maximum Gasteiger partial charge on any atom is 0.264 e. The number of rotatable bonds is 6. The summed E-state index contributed by atoms with van der Waals surface area (Å²) in [6.45, 7) is 6.54. The van der Waals surface area contributed by atoms with E-state index in [2.05, 4.69) is 11.1 Å². The molecule has 1 unspecified atom stereocenters. The lowest BCUT2D eigenvalue weighted by atomic mass is 10.1. The van der Waals surface area contributed by atoms with Crippen LogP contribution in [-0.2, 0) is 14.8 Å². The Kier molecular flexibility index (Phi) is 7.05. The molecule has 4 rings (SSSR count). The van der Waals surface area contributed by atoms with Gasteiger partial charge in [-0.3, -0.25) is 9.78 Å². The fraction of sp³-hybridized carbons (Fsp3) is 0.346. The van der Waals surface area contributed by atoms with Gasteiger partial charge >= 0.3 is 0 Å². The summed E-state index contributed by atoms with van der Waals surface area (Å²) in [7, 11) is -3.78. The Morgan fingerprint density at radius 2 is 1.80 bits per heavy atom. The molecule has 3 aromatic rings. The normalized spacial score (nSPS) is 15.7. The van der Waals surface area contributed by atoms with Crippen LogP contribution in [0.15, 0.2) is 59.6 Å². The number of aryl methyl sites for hydroxylation is 1. The molecular weight excluding hydrogens is 464 g/mol. The lowest BCUT2D eigenvalue weighted by Crippen LogP contribution is -2.54. The summed E-state index contributed by atoms with van der Waals surface area (Å²) in [5.74, 6) is 0.00951. The van der Waals surface area contributed by atoms with Crippen LogP contribution in [0.4, 0.5) is 0 Å². The van der Waals surface area contributed by atoms with E-state index in [1.54, 1.807) is 47.5 Å². The first kappa shape index (κ1) is 24.6. The molecule has 0 spiro atoms. The Labute approximate surface area is 205 Å². The second kappa shape index (κ2) is 10.0. The van der Waals surface area contributed by atoms with Gasteiger partial charge in [0.2, 0.25) is 10.0 Å². The van der Waals surface area contributed by atoms with Crippen molar-refractivity contribution < 1.29 is 17.9 Å². The van der Waals surface area contributed by atoms with E-state index in [9.17, 15) is 18.5 Å². The molecule has 2 heterocycles. The fourth-order valence-corrected chi connectivity index (χ4v) is 5.78. The molecular formula is C26H28N4O4S. The van der Waals surface area contributed by atoms with Crippen LogP contribution in [0.25, 0.3) is 10.9 Å². The van der Waals surface area contributed by atoms with Gasteiger partial charge in [-0.05, 0) is 42.7 Å². The number of nitrogens with zero attached hydrogens (tertiary/aromatic N) is 4. The highest BCUT2D eigenvalue weighted by Crippen LogP contribution is 2.26. The summed E-state index contributed by atoms with van der Waals surface area (Å²) < 4.78 is 34.3. The average Bonchev–Trinajstić information content (AvgIpc) is 2.86. The molecule has 182 valence electrons. The number of hydrogen-bond acceptors (Lipinski definition) is 6. The van der Waals surface area contributed by atoms with Crippen LogP contribution >= 0.6 is 0 Å². The highest BCUT2D eigenvalue weighted by atomic mass is 32.2. The predicted octanol–water partition coefficient (Wildman–Crippen LogP) is 3.35. The third kappa shape index (κ3) is 4.99. The van der Waals surface area contributed by atoms with E-state index in [4.69, 9.17) is 4.74 Å². The molecule has 1 saturated heterocycles. The third-order valence-electron chi connectivity index (χ3n) is 6.09. The van der Waals surface area contributed by atoms with E-state index in [-0.39, 0.29) is 42.9 Å². The van der Waals surface area contributed by atoms with Crippen LogP contribution in [0.5, 0.6) is 5.75 Å². The number of carbonyl (C=O) groups excluding carboxylic acids is 1. The van der Waals surface area contributed by atoms with Crippen LogP contribution in [-0.4, -0.2) is 60.8 Å². The quantitative estimate of drug-likeness (QED) is 0.523. The summed E-state index contributed by atoms with van der Waals surface area (Å²) >= 11 is 0. The number of fused-ring (bicyclic) bond motifs is 1. The number of sulfonamides is 1. The number of para-hydroxylation sites is 2. The molecule has 1 aliphatic heterocycles. The Bertz CT molecular complexity index is 1390. The van der Waals surface area contributed by atoms with Gasteiger partial charge in [0.05, 0.1) is 11.1 Å². The molecule has 0 radical (unpaired) electrons. The molecule has 0 saturated carbocycles. The summed E-state index contributed by atoms with van der Waals surface area (Å²) in [4.78, 5) is 19.5. The van der Waals surface area contributed by atoms with Gasteiger partial charge in [-0.15, -0.1) is 0 Å². The van der Waals surface area contributed by atoms with Crippen LogP contribution in [0.2, 0.25) is 0 Å². The van der Waals surface area contributed by atoms with Gasteiger partial charge < -0.3 is 9.64 Å². The molecule has 9 heteroatoms. The second-order valence-electron chi connectivity index (χ2n) is 8.96. The molecule has 2 aromatic carbocycles. The van der Waals surface area contributed by atoms with Crippen molar-refractivity contribution in [3.63, 3.8) is 0 Å². The molecule has 1 amide bonds. The topological polar surface area (TPSA) is 104 Å². The van der Waals surface area contributed by atoms with E-state index in [1.165, 1.54) is 4.31 Å². The van der Waals surface area contributed by atoms with E-state index >= 15 is 0 Å². The van der Waals surface area contributed by atoms with Crippen LogP contribution in [0.3, 0.4) is 0 Å². The molecule has 0 bridgehead atoms. The minimum atomic E-state index is -3.78. The van der Waals surface area contributed by atoms with E-state index in [0.717, 1.165) is 10.9 Å². The maximum absolute atomic E-state index is 13.4. The third-order valence-corrected chi connectivity index (χ3v) is 8.02. The minimum Gasteiger partial charge on any atom is -0.479 e. The van der Waals surface area contributed by atoms with E-state index in [0.29, 0.717) is 16.8 Å². The molecule has 0 aliphatic carbocycles. The molecule has 1 atom stereocenters. The van der Waals surface area contributed by atoms with Gasteiger partial charge in [0.15, 0.2) is 6.10 Å². The molecule has 1 aromatic heterocycles. The number of ether oxygens (including phenoxy) is 1. The largest absolute Gasteiger partial charge is 0.479 e. The lowest BCUT2D eigenvalue weighted by Gasteiger charge is -2.36. The van der Waals surface area contributed by atoms with Crippen molar-refractivity contribution in [1.29, 1.82) is 5.26 Å². The predicted molar refractivity (Wildman–Crippen MR) is 132 cm³/mol. The van der Waals surface area contributed by atoms with Crippen LogP contribution in [0.1, 0.15) is 25.0 Å². The van der Waals surface area contributed by atoms with Gasteiger partial charge in [0, 0.05) is 37.8 Å². The zero-order valence-corrected chi connectivity index (χ0v) is 20.8. The number of nitriles is 1. The van der Waals surface area contributed by atoms with Crippen LogP contribution < -0.4 is 4.74 Å². The van der Waals surface area contributed by atoms with Crippen molar-refractivity contribution in [1.82, 2.24) is 14.2 Å². The van der Waals surface area contributed by atoms with Crippen molar-refractivity contribution in [2.75, 3.05) is 26.2 Å². The SMILES string of the molecule is Cc1cnc2c(S(=O)(=O)N3CCN(C(=O)C(Oc4ccccc4C#N)C(C)C)CC3)cccc2c1. The number of amides is 1. The van der Waals surface area contributed by atoms with Gasteiger partial charge in [0.25, 0.3) is 5.91 Å². The first-order valence-electron chi connectivity index (χ1n) is 11.5. The number of benzene rings is 2. The zero-order valence-electron chi connectivity index (χ0n) is 20.0. The van der Waals surface area contributed by atoms with Crippen molar-refractivity contribution in [2.24, 2.45) is 5.92 Å². The zero-order chi connectivity index (χ0) is 25.2. The monoisotopic (exact) mass is 492 g/mol. The molecule has 1 aliphatic rings. The van der Waals surface area contributed by atoms with Gasteiger partial charge in [-0.25, -0.2) is 8.42 Å². The first-order chi connectivity index (χ1) is 16.7. The molecule has 35 heavy (non-hydrogen) atoms. The summed E-state index contributed by atoms with van der Waals surface area (Å²) in [5, 5.41) is 10.1. The van der Waals surface area contributed by atoms with Crippen LogP contribution in [0, 0.1) is 24.2 Å². The maximum atomic E-state index is 13.4. The first-order valence-corrected chi connectivity index (χ1v) is 13.0. The Hall–Kier alpha value is -3.48. The van der Waals surface area contributed by atoms with Crippen molar-refractivity contribution >= 4 is 26.8 Å². The fourth-order valence-electron chi connectivity index (χ4n) is 4.19. The average molecular weight is 493 g/mol. The van der Waals surface area contributed by atoms with Gasteiger partial charge in [-0.2, -0.15) is 9.57 Å². The Morgan fingerprint density at radius 1 is 1.09 bits per heavy atom. The summed E-state index contributed by atoms with van der Waals surface area (Å²) in [6, 6.07) is 16.0. The molecule has 0 N–H and O–H groups in total. The van der Waals surface area contributed by atoms with E-state index < -0.39 is 16.1 Å². The summed E-state index contributed by atoms with van der Waals surface area (Å²) in [5.41, 5.74) is 1.76. The lowest BCUT2D eigenvalue weighted by molar-refractivity contribution is -0.141. The highest BCUT2D eigenvalue weighted by molar-refractivity contribution is 7.89. The molecule has 8 nitrogen and oxygen atoms in total. The number of piperazine rings is 1. The van der Waals surface area contributed by atoms with Crippen molar-refractivity contribution in [2.45, 2.75) is 31.8 Å². The van der Waals surface area contributed by atoms with Crippen molar-refractivity contribution in [3.05, 3.63) is 65.9 Å². The smallest absolute Gasteiger partial charge is 0.264 e. The van der Waals surface area contributed by atoms with Gasteiger partial charge in [-0.1, -0.05) is 38.1 Å². The Morgan fingerprint density at radius 3 is 2.49 bits per heavy atom. The number of carbonyl (C=O) groups is 1. The number of pyridine rings is 1. The molecule has 1 fully saturated rings. The second-order valence-corrected chi connectivity index (χ2v) is 10.9. The van der Waals surface area contributed by atoms with Crippen molar-refractivity contribution in [3.8, 4) is 11.8 Å². The minimum absolute atomic E-state index is 0.138. The number of aromatic nitrogens is 1. The van der Waals surface area contributed by atoms with E-state index in [1.807, 2.05) is 32.9 Å². The number of hydrogen-bond donors (Lipinski definition) is 0.